The summed E-state index contributed by atoms with van der Waals surface area (Å²) in [5, 5.41) is 15.5. The van der Waals surface area contributed by atoms with E-state index in [2.05, 4.69) is 5.10 Å². The molecule has 0 amide bonds. The van der Waals surface area contributed by atoms with Gasteiger partial charge in [0.05, 0.1) is 11.4 Å². The highest BCUT2D eigenvalue weighted by atomic mass is 16.4. The van der Waals surface area contributed by atoms with Crippen LogP contribution in [-0.4, -0.2) is 22.8 Å². The molecule has 0 saturated carbocycles. The highest BCUT2D eigenvalue weighted by molar-refractivity contribution is 6.06. The van der Waals surface area contributed by atoms with E-state index in [4.69, 9.17) is 0 Å². The molecular formula is C16H14N2O2. The van der Waals surface area contributed by atoms with Crippen molar-refractivity contribution in [2.75, 3.05) is 5.01 Å². The second kappa shape index (κ2) is 5.17. The van der Waals surface area contributed by atoms with Crippen LogP contribution < -0.4 is 5.01 Å². The van der Waals surface area contributed by atoms with Gasteiger partial charge in [0.1, 0.15) is 0 Å². The van der Waals surface area contributed by atoms with Gasteiger partial charge in [-0.15, -0.1) is 0 Å². The van der Waals surface area contributed by atoms with Crippen LogP contribution in [0.5, 0.6) is 0 Å². The molecule has 0 unspecified atom stereocenters. The molecule has 20 heavy (non-hydrogen) atoms. The first-order chi connectivity index (χ1) is 9.75. The number of hydrogen-bond acceptors (Lipinski definition) is 3. The van der Waals surface area contributed by atoms with Crippen molar-refractivity contribution in [2.45, 2.75) is 12.5 Å². The SMILES string of the molecule is O=C(O)[C@H]1CC(c2ccccc2)=NN1c1ccccc1. The molecule has 0 spiro atoms. The summed E-state index contributed by atoms with van der Waals surface area (Å²) in [6.45, 7) is 0. The molecule has 0 radical (unpaired) electrons. The molecule has 1 aliphatic rings. The van der Waals surface area contributed by atoms with Crippen LogP contribution in [0, 0.1) is 0 Å². The summed E-state index contributed by atoms with van der Waals surface area (Å²) >= 11 is 0. The molecule has 1 atom stereocenters. The standard InChI is InChI=1S/C16H14N2O2/c19-16(20)15-11-14(12-7-3-1-4-8-12)17-18(15)13-9-5-2-6-10-13/h1-10,15H,11H2,(H,19,20)/t15-/m1/s1. The second-order valence-electron chi connectivity index (χ2n) is 4.65. The minimum atomic E-state index is -0.858. The van der Waals surface area contributed by atoms with Gasteiger partial charge in [-0.05, 0) is 17.7 Å². The Labute approximate surface area is 117 Å². The molecule has 0 bridgehead atoms. The molecule has 2 aromatic carbocycles. The zero-order valence-corrected chi connectivity index (χ0v) is 10.8. The average molecular weight is 266 g/mol. The first kappa shape index (κ1) is 12.4. The van der Waals surface area contributed by atoms with Crippen molar-refractivity contribution in [3.63, 3.8) is 0 Å². The summed E-state index contributed by atoms with van der Waals surface area (Å²) < 4.78 is 0. The predicted octanol–water partition coefficient (Wildman–Crippen LogP) is 2.75. The minimum absolute atomic E-state index is 0.411. The smallest absolute Gasteiger partial charge is 0.328 e. The number of hydrogen-bond donors (Lipinski definition) is 1. The van der Waals surface area contributed by atoms with E-state index in [9.17, 15) is 9.90 Å². The normalized spacial score (nSPS) is 17.9. The Morgan fingerprint density at radius 3 is 2.25 bits per heavy atom. The number of carboxylic acid groups (broad SMARTS) is 1. The van der Waals surface area contributed by atoms with Crippen LogP contribution >= 0.6 is 0 Å². The molecule has 4 nitrogen and oxygen atoms in total. The Hall–Kier alpha value is -2.62. The van der Waals surface area contributed by atoms with Gasteiger partial charge in [-0.25, -0.2) is 4.79 Å². The van der Waals surface area contributed by atoms with Crippen molar-refractivity contribution in [2.24, 2.45) is 5.10 Å². The summed E-state index contributed by atoms with van der Waals surface area (Å²) in [5.74, 6) is -0.858. The van der Waals surface area contributed by atoms with Gasteiger partial charge >= 0.3 is 5.97 Å². The predicted molar refractivity (Wildman–Crippen MR) is 77.9 cm³/mol. The Bertz CT molecular complexity index is 638. The number of rotatable bonds is 3. The average Bonchev–Trinajstić information content (AvgIpc) is 2.94. The van der Waals surface area contributed by atoms with E-state index in [1.54, 1.807) is 5.01 Å². The van der Waals surface area contributed by atoms with Crippen molar-refractivity contribution in [1.29, 1.82) is 0 Å². The van der Waals surface area contributed by atoms with Gasteiger partial charge in [0, 0.05) is 6.42 Å². The van der Waals surface area contributed by atoms with Gasteiger partial charge in [-0.2, -0.15) is 5.10 Å². The van der Waals surface area contributed by atoms with E-state index in [0.717, 1.165) is 17.0 Å². The number of aliphatic carboxylic acids is 1. The Kier molecular flexibility index (Phi) is 3.21. The summed E-state index contributed by atoms with van der Waals surface area (Å²) in [6, 6.07) is 18.4. The van der Waals surface area contributed by atoms with E-state index in [-0.39, 0.29) is 0 Å². The number of carboxylic acids is 1. The summed E-state index contributed by atoms with van der Waals surface area (Å²) in [7, 11) is 0. The maximum atomic E-state index is 11.4. The number of para-hydroxylation sites is 1. The van der Waals surface area contributed by atoms with Crippen molar-refractivity contribution < 1.29 is 9.90 Å². The molecule has 3 rings (SSSR count). The first-order valence-electron chi connectivity index (χ1n) is 6.45. The highest BCUT2D eigenvalue weighted by Gasteiger charge is 2.33. The Morgan fingerprint density at radius 2 is 1.65 bits per heavy atom. The zero-order chi connectivity index (χ0) is 13.9. The van der Waals surface area contributed by atoms with E-state index >= 15 is 0 Å². The summed E-state index contributed by atoms with van der Waals surface area (Å²) in [4.78, 5) is 11.4. The van der Waals surface area contributed by atoms with Gasteiger partial charge in [0.2, 0.25) is 0 Å². The highest BCUT2D eigenvalue weighted by Crippen LogP contribution is 2.26. The minimum Gasteiger partial charge on any atom is -0.480 e. The topological polar surface area (TPSA) is 52.9 Å². The second-order valence-corrected chi connectivity index (χ2v) is 4.65. The van der Waals surface area contributed by atoms with Crippen LogP contribution in [0.1, 0.15) is 12.0 Å². The largest absolute Gasteiger partial charge is 0.480 e. The lowest BCUT2D eigenvalue weighted by Crippen LogP contribution is -2.34. The van der Waals surface area contributed by atoms with Crippen molar-refractivity contribution in [3.8, 4) is 0 Å². The lowest BCUT2D eigenvalue weighted by Gasteiger charge is -2.19. The molecule has 1 N–H and O–H groups in total. The van der Waals surface area contributed by atoms with Gasteiger partial charge in [-0.1, -0.05) is 48.5 Å². The van der Waals surface area contributed by atoms with Gasteiger partial charge in [0.25, 0.3) is 0 Å². The third kappa shape index (κ3) is 2.28. The number of anilines is 1. The molecule has 4 heteroatoms. The van der Waals surface area contributed by atoms with Crippen LogP contribution in [0.3, 0.4) is 0 Å². The van der Waals surface area contributed by atoms with Crippen molar-refractivity contribution >= 4 is 17.4 Å². The third-order valence-electron chi connectivity index (χ3n) is 3.32. The molecule has 2 aromatic rings. The fraction of sp³-hybridized carbons (Fsp3) is 0.125. The van der Waals surface area contributed by atoms with Crippen LogP contribution in [0.25, 0.3) is 0 Å². The Balaban J connectivity index is 1.98. The van der Waals surface area contributed by atoms with E-state index < -0.39 is 12.0 Å². The Morgan fingerprint density at radius 1 is 1.05 bits per heavy atom. The molecule has 0 aromatic heterocycles. The zero-order valence-electron chi connectivity index (χ0n) is 10.8. The van der Waals surface area contributed by atoms with E-state index in [1.165, 1.54) is 0 Å². The maximum Gasteiger partial charge on any atom is 0.328 e. The van der Waals surface area contributed by atoms with Gasteiger partial charge in [0.15, 0.2) is 6.04 Å². The molecule has 1 heterocycles. The van der Waals surface area contributed by atoms with Crippen molar-refractivity contribution in [1.82, 2.24) is 0 Å². The lowest BCUT2D eigenvalue weighted by atomic mass is 10.0. The van der Waals surface area contributed by atoms with Crippen LogP contribution in [0.4, 0.5) is 5.69 Å². The number of nitrogens with zero attached hydrogens (tertiary/aromatic N) is 2. The summed E-state index contributed by atoms with van der Waals surface area (Å²) in [6.07, 6.45) is 0.411. The van der Waals surface area contributed by atoms with Crippen LogP contribution in [0.15, 0.2) is 65.8 Å². The van der Waals surface area contributed by atoms with Crippen LogP contribution in [-0.2, 0) is 4.79 Å². The van der Waals surface area contributed by atoms with Gasteiger partial charge < -0.3 is 5.11 Å². The molecular weight excluding hydrogens is 252 g/mol. The quantitative estimate of drug-likeness (QED) is 0.929. The molecule has 0 fully saturated rings. The fourth-order valence-electron chi connectivity index (χ4n) is 2.33. The van der Waals surface area contributed by atoms with Crippen molar-refractivity contribution in [3.05, 3.63) is 66.2 Å². The number of carbonyl (C=O) groups is 1. The molecule has 100 valence electrons. The van der Waals surface area contributed by atoms with E-state index in [1.807, 2.05) is 60.7 Å². The monoisotopic (exact) mass is 266 g/mol. The third-order valence-corrected chi connectivity index (χ3v) is 3.32. The molecule has 0 saturated heterocycles. The van der Waals surface area contributed by atoms with Gasteiger partial charge in [-0.3, -0.25) is 5.01 Å². The fourth-order valence-corrected chi connectivity index (χ4v) is 2.33. The lowest BCUT2D eigenvalue weighted by molar-refractivity contribution is -0.138. The molecule has 0 aliphatic carbocycles. The molecule has 1 aliphatic heterocycles. The van der Waals surface area contributed by atoms with E-state index in [0.29, 0.717) is 6.42 Å². The maximum absolute atomic E-state index is 11.4. The number of hydrazone groups is 1. The summed E-state index contributed by atoms with van der Waals surface area (Å²) in [5.41, 5.74) is 2.57. The first-order valence-corrected chi connectivity index (χ1v) is 6.45. The number of benzene rings is 2. The van der Waals surface area contributed by atoms with Crippen LogP contribution in [0.2, 0.25) is 0 Å².